The first kappa shape index (κ1) is 20.3. The van der Waals surface area contributed by atoms with Crippen molar-refractivity contribution in [2.45, 2.75) is 20.0 Å². The van der Waals surface area contributed by atoms with Gasteiger partial charge in [0.25, 0.3) is 5.91 Å². The lowest BCUT2D eigenvalue weighted by Crippen LogP contribution is -3.12. The Kier molecular flexibility index (Phi) is 6.97. The van der Waals surface area contributed by atoms with Gasteiger partial charge < -0.3 is 10.2 Å². The summed E-state index contributed by atoms with van der Waals surface area (Å²) in [5, 5.41) is 16.4. The molecule has 7 nitrogen and oxygen atoms in total. The van der Waals surface area contributed by atoms with E-state index in [4.69, 9.17) is 23.2 Å². The van der Waals surface area contributed by atoms with Gasteiger partial charge in [0, 0.05) is 10.6 Å². The quantitative estimate of drug-likeness (QED) is 0.587. The van der Waals surface area contributed by atoms with E-state index in [-0.39, 0.29) is 12.5 Å². The minimum absolute atomic E-state index is 0.143. The van der Waals surface area contributed by atoms with Crippen LogP contribution in [0, 0.1) is 0 Å². The van der Waals surface area contributed by atoms with Crippen LogP contribution in [0.5, 0.6) is 0 Å². The predicted molar refractivity (Wildman–Crippen MR) is 109 cm³/mol. The summed E-state index contributed by atoms with van der Waals surface area (Å²) in [5.74, 6) is 0.421. The van der Waals surface area contributed by atoms with Crippen molar-refractivity contribution in [2.75, 3.05) is 18.4 Å². The fourth-order valence-corrected chi connectivity index (χ4v) is 3.26. The number of halogens is 2. The molecular formula is C19H21Cl2N6O+. The minimum atomic E-state index is -0.143. The molecule has 3 aromatic rings. The molecule has 1 aromatic heterocycles. The van der Waals surface area contributed by atoms with Crippen molar-refractivity contribution < 1.29 is 9.69 Å². The number of anilines is 1. The Balaban J connectivity index is 1.63. The number of benzene rings is 2. The SMILES string of the molecule is CCC[NH+](CC(=O)Nc1ccc(Cl)cc1Cl)Cn1nnc(-c2ccccc2)n1. The third-order valence-corrected chi connectivity index (χ3v) is 4.62. The average molecular weight is 420 g/mol. The van der Waals surface area contributed by atoms with Gasteiger partial charge in [-0.2, -0.15) is 0 Å². The maximum absolute atomic E-state index is 12.5. The number of nitrogens with zero attached hydrogens (tertiary/aromatic N) is 4. The van der Waals surface area contributed by atoms with Crippen LogP contribution in [-0.4, -0.2) is 39.2 Å². The number of nitrogens with one attached hydrogen (secondary N) is 2. The normalized spacial score (nSPS) is 12.0. The molecule has 0 aliphatic rings. The van der Waals surface area contributed by atoms with Crippen LogP contribution >= 0.6 is 23.2 Å². The summed E-state index contributed by atoms with van der Waals surface area (Å²) in [6.45, 7) is 3.56. The molecule has 0 fully saturated rings. The second-order valence-electron chi connectivity index (χ2n) is 6.36. The maximum Gasteiger partial charge on any atom is 0.279 e. The predicted octanol–water partition coefficient (Wildman–Crippen LogP) is 2.54. The monoisotopic (exact) mass is 419 g/mol. The van der Waals surface area contributed by atoms with Crippen LogP contribution in [0.1, 0.15) is 13.3 Å². The smallest absolute Gasteiger partial charge is 0.279 e. The van der Waals surface area contributed by atoms with E-state index in [9.17, 15) is 4.79 Å². The molecule has 0 saturated carbocycles. The molecule has 146 valence electrons. The molecule has 3 rings (SSSR count). The Bertz CT molecular complexity index is 931. The minimum Gasteiger partial charge on any atom is -0.320 e. The zero-order valence-electron chi connectivity index (χ0n) is 15.4. The number of hydrogen-bond donors (Lipinski definition) is 2. The van der Waals surface area contributed by atoms with Crippen molar-refractivity contribution in [1.29, 1.82) is 0 Å². The average Bonchev–Trinajstić information content (AvgIpc) is 3.13. The van der Waals surface area contributed by atoms with Gasteiger partial charge in [-0.15, -0.1) is 15.0 Å². The standard InChI is InChI=1S/C19H20Cl2N6O/c1-2-10-26(12-18(28)22-17-9-8-15(20)11-16(17)21)13-27-24-19(23-25-27)14-6-4-3-5-7-14/h3-9,11H,2,10,12-13H2,1H3,(H,22,28)/p+1. The van der Waals surface area contributed by atoms with Crippen molar-refractivity contribution in [3.8, 4) is 11.4 Å². The molecule has 1 unspecified atom stereocenters. The van der Waals surface area contributed by atoms with Gasteiger partial charge in [0.1, 0.15) is 0 Å². The van der Waals surface area contributed by atoms with E-state index in [1.807, 2.05) is 30.3 Å². The van der Waals surface area contributed by atoms with Gasteiger partial charge in [0.05, 0.1) is 17.3 Å². The summed E-state index contributed by atoms with van der Waals surface area (Å²) < 4.78 is 0. The number of carbonyl (C=O) groups excluding carboxylic acids is 1. The van der Waals surface area contributed by atoms with Gasteiger partial charge in [0.15, 0.2) is 13.2 Å². The Morgan fingerprint density at radius 3 is 2.68 bits per heavy atom. The fourth-order valence-electron chi connectivity index (χ4n) is 2.80. The number of carbonyl (C=O) groups is 1. The lowest BCUT2D eigenvalue weighted by atomic mass is 10.2. The molecule has 1 atom stereocenters. The van der Waals surface area contributed by atoms with Gasteiger partial charge >= 0.3 is 0 Å². The highest BCUT2D eigenvalue weighted by Gasteiger charge is 2.17. The molecule has 0 spiro atoms. The third-order valence-electron chi connectivity index (χ3n) is 4.07. The van der Waals surface area contributed by atoms with Crippen molar-refractivity contribution in [3.05, 3.63) is 58.6 Å². The van der Waals surface area contributed by atoms with Gasteiger partial charge in [-0.1, -0.05) is 60.5 Å². The van der Waals surface area contributed by atoms with Gasteiger partial charge in [0.2, 0.25) is 5.82 Å². The summed E-state index contributed by atoms with van der Waals surface area (Å²) in [5.41, 5.74) is 1.44. The van der Waals surface area contributed by atoms with Crippen LogP contribution in [0.15, 0.2) is 48.5 Å². The van der Waals surface area contributed by atoms with Gasteiger partial charge in [-0.3, -0.25) is 4.79 Å². The molecule has 0 bridgehead atoms. The molecule has 2 N–H and O–H groups in total. The Morgan fingerprint density at radius 2 is 1.96 bits per heavy atom. The fraction of sp³-hybridized carbons (Fsp3) is 0.263. The van der Waals surface area contributed by atoms with Crippen molar-refractivity contribution in [2.24, 2.45) is 0 Å². The van der Waals surface area contributed by atoms with Crippen LogP contribution in [0.4, 0.5) is 5.69 Å². The number of rotatable bonds is 8. The van der Waals surface area contributed by atoms with Crippen LogP contribution in [0.3, 0.4) is 0 Å². The highest BCUT2D eigenvalue weighted by Crippen LogP contribution is 2.25. The van der Waals surface area contributed by atoms with Crippen molar-refractivity contribution >= 4 is 34.8 Å². The Morgan fingerprint density at radius 1 is 1.18 bits per heavy atom. The highest BCUT2D eigenvalue weighted by atomic mass is 35.5. The summed E-state index contributed by atoms with van der Waals surface area (Å²) in [7, 11) is 0. The Hall–Kier alpha value is -2.48. The molecule has 0 aliphatic carbocycles. The van der Waals surface area contributed by atoms with Crippen molar-refractivity contribution in [3.63, 3.8) is 0 Å². The molecule has 9 heteroatoms. The van der Waals surface area contributed by atoms with E-state index in [2.05, 4.69) is 27.7 Å². The zero-order valence-corrected chi connectivity index (χ0v) is 16.9. The van der Waals surface area contributed by atoms with Crippen LogP contribution in [-0.2, 0) is 11.5 Å². The van der Waals surface area contributed by atoms with E-state index in [0.29, 0.717) is 28.2 Å². The first-order valence-corrected chi connectivity index (χ1v) is 9.72. The first-order valence-electron chi connectivity index (χ1n) is 8.97. The molecule has 28 heavy (non-hydrogen) atoms. The first-order chi connectivity index (χ1) is 13.5. The lowest BCUT2D eigenvalue weighted by molar-refractivity contribution is -0.916. The largest absolute Gasteiger partial charge is 0.320 e. The van der Waals surface area contributed by atoms with E-state index in [0.717, 1.165) is 23.4 Å². The Labute approximate surface area is 173 Å². The molecule has 0 saturated heterocycles. The molecule has 0 aliphatic heterocycles. The van der Waals surface area contributed by atoms with Gasteiger partial charge in [-0.25, -0.2) is 0 Å². The van der Waals surface area contributed by atoms with Crippen LogP contribution in [0.25, 0.3) is 11.4 Å². The van der Waals surface area contributed by atoms with E-state index < -0.39 is 0 Å². The van der Waals surface area contributed by atoms with Crippen molar-refractivity contribution in [1.82, 2.24) is 20.2 Å². The van der Waals surface area contributed by atoms with Gasteiger partial charge in [-0.05, 0) is 29.8 Å². The van der Waals surface area contributed by atoms with Crippen LogP contribution < -0.4 is 10.2 Å². The highest BCUT2D eigenvalue weighted by molar-refractivity contribution is 6.36. The zero-order chi connectivity index (χ0) is 19.9. The molecular weight excluding hydrogens is 399 g/mol. The van der Waals surface area contributed by atoms with Crippen LogP contribution in [0.2, 0.25) is 10.0 Å². The molecule has 1 heterocycles. The summed E-state index contributed by atoms with van der Waals surface area (Å²) in [6, 6.07) is 14.6. The summed E-state index contributed by atoms with van der Waals surface area (Å²) in [4.78, 5) is 15.0. The molecule has 2 aromatic carbocycles. The third kappa shape index (κ3) is 5.51. The number of quaternary nitrogens is 1. The second-order valence-corrected chi connectivity index (χ2v) is 7.20. The number of aromatic nitrogens is 4. The number of amides is 1. The summed E-state index contributed by atoms with van der Waals surface area (Å²) in [6.07, 6.45) is 0.921. The molecule has 1 amide bonds. The number of hydrogen-bond acceptors (Lipinski definition) is 4. The number of tetrazole rings is 1. The second kappa shape index (κ2) is 9.64. The lowest BCUT2D eigenvalue weighted by Gasteiger charge is -2.17. The topological polar surface area (TPSA) is 77.1 Å². The van der Waals surface area contributed by atoms with E-state index >= 15 is 0 Å². The molecule has 0 radical (unpaired) electrons. The summed E-state index contributed by atoms with van der Waals surface area (Å²) >= 11 is 12.0. The maximum atomic E-state index is 12.5. The van der Waals surface area contributed by atoms with E-state index in [1.54, 1.807) is 18.2 Å². The van der Waals surface area contributed by atoms with E-state index in [1.165, 1.54) is 4.80 Å².